The van der Waals surface area contributed by atoms with E-state index >= 15 is 0 Å². The summed E-state index contributed by atoms with van der Waals surface area (Å²) in [5.41, 5.74) is 0.509. The van der Waals surface area contributed by atoms with Gasteiger partial charge in [-0.2, -0.15) is 0 Å². The van der Waals surface area contributed by atoms with E-state index in [4.69, 9.17) is 4.74 Å². The molecule has 0 aliphatic rings. The monoisotopic (exact) mass is 383 g/mol. The number of ether oxygens (including phenoxy) is 1. The van der Waals surface area contributed by atoms with Crippen LogP contribution in [0.3, 0.4) is 0 Å². The molecule has 0 saturated carbocycles. The number of rotatable bonds is 8. The fourth-order valence-electron chi connectivity index (χ4n) is 1.72. The molecule has 24 heavy (non-hydrogen) atoms. The lowest BCUT2D eigenvalue weighted by atomic mass is 10.3. The molecule has 2 rings (SSSR count). The van der Waals surface area contributed by atoms with Crippen LogP contribution >= 0.6 is 23.1 Å². The van der Waals surface area contributed by atoms with Gasteiger partial charge in [0.25, 0.3) is 10.0 Å². The molecule has 0 radical (unpaired) electrons. The number of nitrogens with one attached hydrogen (secondary N) is 1. The van der Waals surface area contributed by atoms with Gasteiger partial charge in [0, 0.05) is 22.4 Å². The Kier molecular flexibility index (Phi) is 6.89. The normalized spacial score (nSPS) is 11.5. The Bertz CT molecular complexity index is 781. The van der Waals surface area contributed by atoms with Gasteiger partial charge in [-0.25, -0.2) is 13.2 Å². The van der Waals surface area contributed by atoms with Crippen molar-refractivity contribution in [2.45, 2.75) is 16.0 Å². The third-order valence-electron chi connectivity index (χ3n) is 2.75. The molecule has 1 aromatic heterocycles. The summed E-state index contributed by atoms with van der Waals surface area (Å²) in [6.07, 6.45) is 3.14. The minimum Gasteiger partial charge on any atom is -0.463 e. The number of benzene rings is 1. The molecule has 2 aromatic rings. The fourth-order valence-corrected chi connectivity index (χ4v) is 4.49. The molecular formula is C16H17NO4S3. The van der Waals surface area contributed by atoms with Crippen molar-refractivity contribution in [2.75, 3.05) is 17.1 Å². The summed E-state index contributed by atoms with van der Waals surface area (Å²) < 4.78 is 31.8. The quantitative estimate of drug-likeness (QED) is 0.427. The van der Waals surface area contributed by atoms with Crippen LogP contribution in [0, 0.1) is 0 Å². The van der Waals surface area contributed by atoms with E-state index in [9.17, 15) is 13.2 Å². The van der Waals surface area contributed by atoms with Crippen LogP contribution in [0.1, 0.15) is 6.92 Å². The van der Waals surface area contributed by atoms with E-state index in [0.29, 0.717) is 18.0 Å². The Morgan fingerprint density at radius 3 is 2.67 bits per heavy atom. The van der Waals surface area contributed by atoms with E-state index in [0.717, 1.165) is 4.90 Å². The Hall–Kier alpha value is -1.77. The highest BCUT2D eigenvalue weighted by Crippen LogP contribution is 2.23. The molecule has 128 valence electrons. The van der Waals surface area contributed by atoms with Crippen molar-refractivity contribution in [2.24, 2.45) is 0 Å². The smallest absolute Gasteiger partial charge is 0.330 e. The molecule has 0 amide bonds. The van der Waals surface area contributed by atoms with Crippen LogP contribution in [0.25, 0.3) is 0 Å². The Morgan fingerprint density at radius 1 is 1.29 bits per heavy atom. The lowest BCUT2D eigenvalue weighted by Crippen LogP contribution is -2.11. The standard InChI is InChI=1S/C16H17NO4S3/c1-2-21-15(18)5-3-11-22-14-9-7-13(8-10-14)17-24(19,20)16-6-4-12-23-16/h3-10,12,17H,2,11H2,1H3/b5-3+. The zero-order chi connectivity index (χ0) is 17.4. The predicted octanol–water partition coefficient (Wildman–Crippen LogP) is 3.76. The molecule has 0 saturated heterocycles. The number of hydrogen-bond donors (Lipinski definition) is 1. The summed E-state index contributed by atoms with van der Waals surface area (Å²) in [4.78, 5) is 12.1. The van der Waals surface area contributed by atoms with E-state index < -0.39 is 10.0 Å². The summed E-state index contributed by atoms with van der Waals surface area (Å²) >= 11 is 2.71. The van der Waals surface area contributed by atoms with E-state index in [1.54, 1.807) is 42.6 Å². The molecule has 1 aromatic carbocycles. The average Bonchev–Trinajstić information content (AvgIpc) is 3.08. The third-order valence-corrected chi connectivity index (χ3v) is 6.50. The number of carbonyl (C=O) groups excluding carboxylic acids is 1. The number of carbonyl (C=O) groups is 1. The van der Waals surface area contributed by atoms with E-state index in [1.165, 1.54) is 29.2 Å². The van der Waals surface area contributed by atoms with E-state index in [1.807, 2.05) is 12.1 Å². The first kappa shape index (κ1) is 18.6. The second-order valence-electron chi connectivity index (χ2n) is 4.53. The Balaban J connectivity index is 1.88. The van der Waals surface area contributed by atoms with E-state index in [-0.39, 0.29) is 10.2 Å². The van der Waals surface area contributed by atoms with E-state index in [2.05, 4.69) is 4.72 Å². The van der Waals surface area contributed by atoms with Crippen molar-refractivity contribution in [3.8, 4) is 0 Å². The molecule has 0 unspecified atom stereocenters. The topological polar surface area (TPSA) is 72.5 Å². The highest BCUT2D eigenvalue weighted by molar-refractivity contribution is 7.99. The van der Waals surface area contributed by atoms with Crippen molar-refractivity contribution < 1.29 is 17.9 Å². The van der Waals surface area contributed by atoms with Crippen LogP contribution in [0.15, 0.2) is 63.0 Å². The first-order valence-electron chi connectivity index (χ1n) is 7.14. The number of anilines is 1. The largest absolute Gasteiger partial charge is 0.463 e. The zero-order valence-corrected chi connectivity index (χ0v) is 15.4. The Morgan fingerprint density at radius 2 is 2.04 bits per heavy atom. The van der Waals surface area contributed by atoms with Crippen LogP contribution < -0.4 is 4.72 Å². The SMILES string of the molecule is CCOC(=O)/C=C/CSc1ccc(NS(=O)(=O)c2cccs2)cc1. The molecule has 0 aliphatic heterocycles. The van der Waals surface area contributed by atoms with Crippen molar-refractivity contribution in [3.05, 3.63) is 53.9 Å². The molecule has 1 heterocycles. The van der Waals surface area contributed by atoms with Gasteiger partial charge in [0.15, 0.2) is 0 Å². The first-order chi connectivity index (χ1) is 11.5. The van der Waals surface area contributed by atoms with Gasteiger partial charge in [-0.3, -0.25) is 4.72 Å². The van der Waals surface area contributed by atoms with Crippen molar-refractivity contribution in [1.82, 2.24) is 0 Å². The minimum atomic E-state index is -3.52. The second kappa shape index (κ2) is 8.91. The maximum absolute atomic E-state index is 12.1. The second-order valence-corrected chi connectivity index (χ2v) is 8.48. The Labute approximate surface area is 149 Å². The summed E-state index contributed by atoms with van der Waals surface area (Å²) in [5, 5.41) is 1.72. The van der Waals surface area contributed by atoms with Gasteiger partial charge >= 0.3 is 5.97 Å². The zero-order valence-electron chi connectivity index (χ0n) is 13.0. The molecule has 0 spiro atoms. The highest BCUT2D eigenvalue weighted by atomic mass is 32.2. The number of sulfonamides is 1. The van der Waals surface area contributed by atoms with Gasteiger partial charge in [0.1, 0.15) is 4.21 Å². The van der Waals surface area contributed by atoms with Crippen molar-refractivity contribution in [1.29, 1.82) is 0 Å². The lowest BCUT2D eigenvalue weighted by molar-refractivity contribution is -0.137. The summed E-state index contributed by atoms with van der Waals surface area (Å²) in [6.45, 7) is 2.12. The first-order valence-corrected chi connectivity index (χ1v) is 10.5. The number of esters is 1. The molecular weight excluding hydrogens is 366 g/mol. The van der Waals surface area contributed by atoms with Gasteiger partial charge in [-0.1, -0.05) is 12.1 Å². The van der Waals surface area contributed by atoms with Crippen molar-refractivity contribution >= 4 is 44.8 Å². The van der Waals surface area contributed by atoms with Crippen LogP contribution in [0.2, 0.25) is 0 Å². The summed E-state index contributed by atoms with van der Waals surface area (Å²) in [7, 11) is -3.52. The summed E-state index contributed by atoms with van der Waals surface area (Å²) in [5.74, 6) is 0.274. The summed E-state index contributed by atoms with van der Waals surface area (Å²) in [6, 6.07) is 10.3. The molecule has 0 bridgehead atoms. The molecule has 1 N–H and O–H groups in total. The van der Waals surface area contributed by atoms with Crippen LogP contribution in [-0.2, 0) is 19.6 Å². The van der Waals surface area contributed by atoms with Gasteiger partial charge in [-0.05, 0) is 42.6 Å². The maximum atomic E-state index is 12.1. The van der Waals surface area contributed by atoms with Crippen LogP contribution in [-0.4, -0.2) is 26.7 Å². The van der Waals surface area contributed by atoms with Gasteiger partial charge in [-0.15, -0.1) is 23.1 Å². The molecule has 0 atom stereocenters. The van der Waals surface area contributed by atoms with Crippen molar-refractivity contribution in [3.63, 3.8) is 0 Å². The fraction of sp³-hybridized carbons (Fsp3) is 0.188. The minimum absolute atomic E-state index is 0.282. The maximum Gasteiger partial charge on any atom is 0.330 e. The lowest BCUT2D eigenvalue weighted by Gasteiger charge is -2.07. The van der Waals surface area contributed by atoms with Gasteiger partial charge in [0.2, 0.25) is 0 Å². The molecule has 0 aliphatic carbocycles. The molecule has 0 fully saturated rings. The van der Waals surface area contributed by atoms with Crippen LogP contribution in [0.4, 0.5) is 5.69 Å². The number of hydrogen-bond acceptors (Lipinski definition) is 6. The van der Waals surface area contributed by atoms with Gasteiger partial charge in [0.05, 0.1) is 6.61 Å². The molecule has 5 nitrogen and oxygen atoms in total. The van der Waals surface area contributed by atoms with Crippen LogP contribution in [0.5, 0.6) is 0 Å². The molecule has 8 heteroatoms. The third kappa shape index (κ3) is 5.70. The highest BCUT2D eigenvalue weighted by Gasteiger charge is 2.14. The number of thiophene rings is 1. The predicted molar refractivity (Wildman–Crippen MR) is 98.1 cm³/mol. The van der Waals surface area contributed by atoms with Gasteiger partial charge < -0.3 is 4.74 Å². The average molecular weight is 384 g/mol. The number of thioether (sulfide) groups is 1.